The fraction of sp³-hybridized carbons (Fsp3) is 0.250. The summed E-state index contributed by atoms with van der Waals surface area (Å²) in [7, 11) is 0. The van der Waals surface area contributed by atoms with Crippen molar-refractivity contribution in [2.24, 2.45) is 0 Å². The summed E-state index contributed by atoms with van der Waals surface area (Å²) < 4.78 is 1.41. The Morgan fingerprint density at radius 2 is 1.53 bits per heavy atom. The van der Waals surface area contributed by atoms with Crippen LogP contribution in [0.1, 0.15) is 24.3 Å². The Morgan fingerprint density at radius 1 is 1.00 bits per heavy atom. The first kappa shape index (κ1) is 15.7. The van der Waals surface area contributed by atoms with Gasteiger partial charge in [-0.3, -0.25) is 0 Å². The first-order valence-corrected chi connectivity index (χ1v) is 6.70. The van der Waals surface area contributed by atoms with Crippen LogP contribution in [0.15, 0.2) is 49.6 Å². The van der Waals surface area contributed by atoms with Crippen molar-refractivity contribution in [1.82, 2.24) is 0 Å². The van der Waals surface area contributed by atoms with Crippen molar-refractivity contribution in [3.8, 4) is 0 Å². The Morgan fingerprint density at radius 3 is 2.00 bits per heavy atom. The number of hydrogen-bond donors (Lipinski definition) is 0. The van der Waals surface area contributed by atoms with Crippen LogP contribution in [0.25, 0.3) is 10.1 Å². The normalized spacial score (nSPS) is 8.47. The van der Waals surface area contributed by atoms with E-state index in [2.05, 4.69) is 51.3 Å². The number of benzene rings is 1. The average Bonchev–Trinajstić information content (AvgIpc) is 2.68. The maximum atomic E-state index is 3.36. The Kier molecular flexibility index (Phi) is 8.08. The molecular weight excluding hydrogens is 224 g/mol. The summed E-state index contributed by atoms with van der Waals surface area (Å²) in [4.78, 5) is 1.44. The molecule has 0 aliphatic carbocycles. The van der Waals surface area contributed by atoms with Crippen molar-refractivity contribution in [1.29, 1.82) is 0 Å². The minimum absolute atomic E-state index is 1.41. The van der Waals surface area contributed by atoms with Crippen LogP contribution in [-0.2, 0) is 0 Å². The largest absolute Gasteiger partial charge is 0.140 e. The zero-order valence-corrected chi connectivity index (χ0v) is 12.1. The second kappa shape index (κ2) is 8.77. The van der Waals surface area contributed by atoms with E-state index in [-0.39, 0.29) is 0 Å². The number of fused-ring (bicyclic) bond motifs is 1. The van der Waals surface area contributed by atoms with Crippen LogP contribution in [0.4, 0.5) is 0 Å². The van der Waals surface area contributed by atoms with Crippen molar-refractivity contribution >= 4 is 21.4 Å². The molecule has 0 radical (unpaired) electrons. The second-order valence-corrected chi connectivity index (χ2v) is 4.51. The molecule has 0 saturated carbocycles. The van der Waals surface area contributed by atoms with Gasteiger partial charge in [-0.1, -0.05) is 57.4 Å². The minimum atomic E-state index is 1.41. The Hall–Kier alpha value is -1.34. The zero-order chi connectivity index (χ0) is 13.3. The van der Waals surface area contributed by atoms with Gasteiger partial charge in [0.1, 0.15) is 0 Å². The third-order valence-corrected chi connectivity index (χ3v) is 3.44. The third kappa shape index (κ3) is 4.58. The lowest BCUT2D eigenvalue weighted by Crippen LogP contribution is -1.68. The van der Waals surface area contributed by atoms with E-state index in [4.69, 9.17) is 0 Å². The molecule has 0 atom stereocenters. The lowest BCUT2D eigenvalue weighted by Gasteiger charge is -1.88. The van der Waals surface area contributed by atoms with Gasteiger partial charge in [-0.15, -0.1) is 11.3 Å². The van der Waals surface area contributed by atoms with Crippen molar-refractivity contribution in [3.63, 3.8) is 0 Å². The number of rotatable bonds is 1. The van der Waals surface area contributed by atoms with Crippen LogP contribution >= 0.6 is 11.3 Å². The van der Waals surface area contributed by atoms with E-state index in [0.29, 0.717) is 0 Å². The molecule has 0 spiro atoms. The van der Waals surface area contributed by atoms with E-state index in [1.807, 2.05) is 25.2 Å². The highest BCUT2D eigenvalue weighted by Crippen LogP contribution is 2.29. The summed E-state index contributed by atoms with van der Waals surface area (Å²) in [5.74, 6) is 0. The quantitative estimate of drug-likeness (QED) is 0.549. The molecule has 17 heavy (non-hydrogen) atoms. The molecular formula is C16H22S. The van der Waals surface area contributed by atoms with E-state index >= 15 is 0 Å². The van der Waals surface area contributed by atoms with Crippen LogP contribution in [0, 0.1) is 13.8 Å². The van der Waals surface area contributed by atoms with Crippen LogP contribution in [-0.4, -0.2) is 0 Å². The Balaban J connectivity index is 0.000000368. The van der Waals surface area contributed by atoms with Crippen molar-refractivity contribution in [3.05, 3.63) is 60.0 Å². The van der Waals surface area contributed by atoms with Gasteiger partial charge in [0.15, 0.2) is 0 Å². The first-order chi connectivity index (χ1) is 8.20. The number of allylic oxidation sites excluding steroid dienone is 2. The fourth-order valence-corrected chi connectivity index (χ4v) is 2.37. The standard InChI is InChI=1S/C10H10S.C4H6.C2H6/c1-7-8(2)11-10-6-4-3-5-9(7)10;1-3-4-2;1-2/h3-6H,1-2H3;3-4H,1-2H2;1-2H3. The maximum Gasteiger partial charge on any atom is 0.0348 e. The molecule has 0 fully saturated rings. The van der Waals surface area contributed by atoms with Crippen LogP contribution in [0.3, 0.4) is 0 Å². The molecule has 0 unspecified atom stereocenters. The van der Waals surface area contributed by atoms with Gasteiger partial charge in [-0.2, -0.15) is 0 Å². The predicted octanol–water partition coefficient (Wildman–Crippen LogP) is 5.90. The summed E-state index contributed by atoms with van der Waals surface area (Å²) >= 11 is 1.88. The summed E-state index contributed by atoms with van der Waals surface area (Å²) in [6.07, 6.45) is 3.28. The summed E-state index contributed by atoms with van der Waals surface area (Å²) in [5, 5.41) is 1.41. The smallest absolute Gasteiger partial charge is 0.0348 e. The van der Waals surface area contributed by atoms with Crippen molar-refractivity contribution in [2.75, 3.05) is 0 Å². The zero-order valence-electron chi connectivity index (χ0n) is 11.3. The van der Waals surface area contributed by atoms with Crippen LogP contribution in [0.5, 0.6) is 0 Å². The van der Waals surface area contributed by atoms with Gasteiger partial charge >= 0.3 is 0 Å². The molecule has 0 amide bonds. The van der Waals surface area contributed by atoms with Gasteiger partial charge in [-0.25, -0.2) is 0 Å². The third-order valence-electron chi connectivity index (χ3n) is 2.25. The lowest BCUT2D eigenvalue weighted by molar-refractivity contribution is 1.47. The van der Waals surface area contributed by atoms with E-state index < -0.39 is 0 Å². The maximum absolute atomic E-state index is 3.36. The lowest BCUT2D eigenvalue weighted by atomic mass is 10.2. The average molecular weight is 246 g/mol. The fourth-order valence-electron chi connectivity index (χ4n) is 1.30. The molecule has 2 aromatic rings. The van der Waals surface area contributed by atoms with Gasteiger partial charge in [0.25, 0.3) is 0 Å². The molecule has 1 heteroatoms. The molecule has 0 aliphatic heterocycles. The van der Waals surface area contributed by atoms with Crippen molar-refractivity contribution < 1.29 is 0 Å². The summed E-state index contributed by atoms with van der Waals surface area (Å²) in [6.45, 7) is 15.1. The van der Waals surface area contributed by atoms with Crippen LogP contribution in [0.2, 0.25) is 0 Å². The summed E-state index contributed by atoms with van der Waals surface area (Å²) in [6, 6.07) is 8.56. The molecule has 0 bridgehead atoms. The molecule has 0 N–H and O–H groups in total. The van der Waals surface area contributed by atoms with Gasteiger partial charge < -0.3 is 0 Å². The van der Waals surface area contributed by atoms with Crippen molar-refractivity contribution in [2.45, 2.75) is 27.7 Å². The highest BCUT2D eigenvalue weighted by Gasteiger charge is 2.01. The Bertz CT molecular complexity index is 457. The van der Waals surface area contributed by atoms with E-state index in [1.165, 1.54) is 20.5 Å². The van der Waals surface area contributed by atoms with E-state index in [9.17, 15) is 0 Å². The van der Waals surface area contributed by atoms with Gasteiger partial charge in [0, 0.05) is 9.58 Å². The molecule has 1 aromatic carbocycles. The monoisotopic (exact) mass is 246 g/mol. The van der Waals surface area contributed by atoms with Gasteiger partial charge in [0.05, 0.1) is 0 Å². The van der Waals surface area contributed by atoms with Gasteiger partial charge in [0.2, 0.25) is 0 Å². The molecule has 1 heterocycles. The molecule has 92 valence electrons. The number of hydrogen-bond acceptors (Lipinski definition) is 1. The van der Waals surface area contributed by atoms with E-state index in [1.54, 1.807) is 12.2 Å². The highest BCUT2D eigenvalue weighted by molar-refractivity contribution is 7.19. The SMILES string of the molecule is C=CC=C.CC.Cc1sc2ccccc2c1C. The number of aryl methyl sites for hydroxylation is 2. The minimum Gasteiger partial charge on any atom is -0.140 e. The Labute approximate surface area is 109 Å². The molecule has 0 saturated heterocycles. The topological polar surface area (TPSA) is 0 Å². The molecule has 1 aromatic heterocycles. The summed E-state index contributed by atoms with van der Waals surface area (Å²) in [5.41, 5.74) is 1.44. The van der Waals surface area contributed by atoms with E-state index in [0.717, 1.165) is 0 Å². The van der Waals surface area contributed by atoms with Gasteiger partial charge in [-0.05, 0) is 30.9 Å². The molecule has 0 aliphatic rings. The first-order valence-electron chi connectivity index (χ1n) is 5.89. The predicted molar refractivity (Wildman–Crippen MR) is 83.0 cm³/mol. The molecule has 0 nitrogen and oxygen atoms in total. The second-order valence-electron chi connectivity index (χ2n) is 3.25. The molecule has 2 rings (SSSR count). The number of thiophene rings is 1. The van der Waals surface area contributed by atoms with Crippen LogP contribution < -0.4 is 0 Å². The highest BCUT2D eigenvalue weighted by atomic mass is 32.1.